The Kier molecular flexibility index (Phi) is 4.58. The second-order valence-corrected chi connectivity index (χ2v) is 7.31. The fourth-order valence-electron chi connectivity index (χ4n) is 2.10. The third-order valence-electron chi connectivity index (χ3n) is 3.14. The second-order valence-electron chi connectivity index (χ2n) is 5.11. The number of aromatic nitrogens is 5. The average Bonchev–Trinajstić information content (AvgIpc) is 3.10. The number of carbonyl (C=O) groups is 1. The van der Waals surface area contributed by atoms with Gasteiger partial charge in [-0.3, -0.25) is 9.89 Å². The molecule has 0 saturated heterocycles. The van der Waals surface area contributed by atoms with Gasteiger partial charge >= 0.3 is 0 Å². The minimum absolute atomic E-state index is 0.0799. The summed E-state index contributed by atoms with van der Waals surface area (Å²) in [6, 6.07) is 1.82. The molecular formula is C14H16N6OS2. The Morgan fingerprint density at radius 2 is 2.26 bits per heavy atom. The second kappa shape index (κ2) is 6.63. The highest BCUT2D eigenvalue weighted by Gasteiger charge is 2.15. The van der Waals surface area contributed by atoms with Gasteiger partial charge in [-0.2, -0.15) is 5.10 Å². The molecule has 3 aromatic heterocycles. The molecular weight excluding hydrogens is 332 g/mol. The van der Waals surface area contributed by atoms with Crippen LogP contribution < -0.4 is 5.32 Å². The van der Waals surface area contributed by atoms with Crippen molar-refractivity contribution in [3.63, 3.8) is 0 Å². The Bertz CT molecular complexity index is 843. The first-order valence-electron chi connectivity index (χ1n) is 7.05. The maximum Gasteiger partial charge on any atom is 0.231 e. The van der Waals surface area contributed by atoms with Gasteiger partial charge in [-0.15, -0.1) is 11.3 Å². The first-order chi connectivity index (χ1) is 11.0. The number of aryl methyl sites for hydroxylation is 2. The third-order valence-corrected chi connectivity index (χ3v) is 5.10. The molecule has 3 rings (SSSR count). The zero-order chi connectivity index (χ0) is 16.4. The van der Waals surface area contributed by atoms with Crippen LogP contribution in [-0.2, 0) is 4.79 Å². The molecule has 0 saturated carbocycles. The van der Waals surface area contributed by atoms with Gasteiger partial charge in [0.2, 0.25) is 5.91 Å². The highest BCUT2D eigenvalue weighted by atomic mass is 32.2. The minimum Gasteiger partial charge on any atom is -0.346 e. The Hall–Kier alpha value is -2.00. The molecule has 0 unspecified atom stereocenters. The molecule has 7 nitrogen and oxygen atoms in total. The number of H-pyrrole nitrogens is 1. The predicted molar refractivity (Wildman–Crippen MR) is 90.6 cm³/mol. The first kappa shape index (κ1) is 15.9. The van der Waals surface area contributed by atoms with Crippen LogP contribution in [0.4, 0.5) is 0 Å². The Morgan fingerprint density at radius 1 is 1.43 bits per heavy atom. The van der Waals surface area contributed by atoms with E-state index in [-0.39, 0.29) is 17.7 Å². The van der Waals surface area contributed by atoms with Crippen molar-refractivity contribution in [3.05, 3.63) is 28.9 Å². The molecule has 1 atom stereocenters. The van der Waals surface area contributed by atoms with Gasteiger partial charge in [-0.25, -0.2) is 15.0 Å². The van der Waals surface area contributed by atoms with Crippen LogP contribution in [0.25, 0.3) is 10.2 Å². The SMILES string of the molecule is Cc1nc([C@H](C)NC(=O)CSc2ncnc3sc(C)cc23)n[nH]1. The molecule has 0 aromatic carbocycles. The van der Waals surface area contributed by atoms with E-state index in [1.807, 2.05) is 20.8 Å². The van der Waals surface area contributed by atoms with E-state index in [1.165, 1.54) is 23.0 Å². The number of amides is 1. The van der Waals surface area contributed by atoms with E-state index in [4.69, 9.17) is 0 Å². The maximum absolute atomic E-state index is 12.1. The summed E-state index contributed by atoms with van der Waals surface area (Å²) in [6.45, 7) is 5.72. The van der Waals surface area contributed by atoms with Crippen molar-refractivity contribution < 1.29 is 4.79 Å². The lowest BCUT2D eigenvalue weighted by molar-refractivity contribution is -0.119. The normalized spacial score (nSPS) is 12.5. The number of thiophene rings is 1. The van der Waals surface area contributed by atoms with Crippen LogP contribution in [0.5, 0.6) is 0 Å². The molecule has 0 aliphatic heterocycles. The third kappa shape index (κ3) is 3.67. The van der Waals surface area contributed by atoms with Crippen LogP contribution in [0, 0.1) is 13.8 Å². The summed E-state index contributed by atoms with van der Waals surface area (Å²) in [4.78, 5) is 27.0. The van der Waals surface area contributed by atoms with Crippen molar-refractivity contribution in [2.45, 2.75) is 31.8 Å². The number of nitrogens with zero attached hydrogens (tertiary/aromatic N) is 4. The number of rotatable bonds is 5. The molecule has 23 heavy (non-hydrogen) atoms. The fourth-order valence-corrected chi connectivity index (χ4v) is 3.80. The molecule has 3 heterocycles. The summed E-state index contributed by atoms with van der Waals surface area (Å²) in [7, 11) is 0. The van der Waals surface area contributed by atoms with E-state index in [0.29, 0.717) is 5.82 Å². The van der Waals surface area contributed by atoms with Crippen molar-refractivity contribution >= 4 is 39.2 Å². The summed E-state index contributed by atoms with van der Waals surface area (Å²) in [5.41, 5.74) is 0. The summed E-state index contributed by atoms with van der Waals surface area (Å²) in [5, 5.41) is 11.5. The van der Waals surface area contributed by atoms with Gasteiger partial charge in [0.15, 0.2) is 5.82 Å². The zero-order valence-electron chi connectivity index (χ0n) is 13.0. The molecule has 0 spiro atoms. The topological polar surface area (TPSA) is 96.5 Å². The van der Waals surface area contributed by atoms with Gasteiger partial charge in [0.25, 0.3) is 0 Å². The lowest BCUT2D eigenvalue weighted by atomic mass is 10.3. The van der Waals surface area contributed by atoms with Crippen LogP contribution in [0.1, 0.15) is 29.5 Å². The van der Waals surface area contributed by atoms with Crippen LogP contribution in [-0.4, -0.2) is 36.8 Å². The van der Waals surface area contributed by atoms with Gasteiger partial charge in [0.05, 0.1) is 11.8 Å². The Balaban J connectivity index is 1.62. The molecule has 120 valence electrons. The lowest BCUT2D eigenvalue weighted by Gasteiger charge is -2.10. The molecule has 0 radical (unpaired) electrons. The van der Waals surface area contributed by atoms with Gasteiger partial charge in [-0.05, 0) is 26.8 Å². The van der Waals surface area contributed by atoms with Crippen molar-refractivity contribution in [3.8, 4) is 0 Å². The van der Waals surface area contributed by atoms with Gasteiger partial charge in [0.1, 0.15) is 22.0 Å². The number of hydrogen-bond acceptors (Lipinski definition) is 7. The number of fused-ring (bicyclic) bond motifs is 1. The van der Waals surface area contributed by atoms with E-state index in [0.717, 1.165) is 21.1 Å². The number of aromatic amines is 1. The maximum atomic E-state index is 12.1. The van der Waals surface area contributed by atoms with E-state index in [9.17, 15) is 4.79 Å². The van der Waals surface area contributed by atoms with Gasteiger partial charge in [0, 0.05) is 10.3 Å². The van der Waals surface area contributed by atoms with Crippen LogP contribution >= 0.6 is 23.1 Å². The predicted octanol–water partition coefficient (Wildman–Crippen LogP) is 2.40. The average molecular weight is 348 g/mol. The van der Waals surface area contributed by atoms with Crippen molar-refractivity contribution in [1.29, 1.82) is 0 Å². The van der Waals surface area contributed by atoms with Gasteiger partial charge < -0.3 is 5.32 Å². The number of hydrogen-bond donors (Lipinski definition) is 2. The van der Waals surface area contributed by atoms with E-state index < -0.39 is 0 Å². The quantitative estimate of drug-likeness (QED) is 0.543. The number of nitrogens with one attached hydrogen (secondary N) is 2. The zero-order valence-corrected chi connectivity index (χ0v) is 14.6. The first-order valence-corrected chi connectivity index (χ1v) is 8.85. The molecule has 3 aromatic rings. The standard InChI is InChI=1S/C14H16N6OS2/c1-7-4-10-13(15-6-16-14(10)23-7)22-5-11(21)17-8(2)12-18-9(3)19-20-12/h4,6,8H,5H2,1-3H3,(H,17,21)(H,18,19,20)/t8-/m0/s1. The van der Waals surface area contributed by atoms with Crippen LogP contribution in [0.15, 0.2) is 17.4 Å². The van der Waals surface area contributed by atoms with Crippen LogP contribution in [0.2, 0.25) is 0 Å². The molecule has 9 heteroatoms. The summed E-state index contributed by atoms with van der Waals surface area (Å²) in [6.07, 6.45) is 1.54. The van der Waals surface area contributed by atoms with Crippen molar-refractivity contribution in [1.82, 2.24) is 30.5 Å². The lowest BCUT2D eigenvalue weighted by Crippen LogP contribution is -2.28. The van der Waals surface area contributed by atoms with Crippen molar-refractivity contribution in [2.75, 3.05) is 5.75 Å². The minimum atomic E-state index is -0.234. The van der Waals surface area contributed by atoms with Crippen molar-refractivity contribution in [2.24, 2.45) is 0 Å². The summed E-state index contributed by atoms with van der Waals surface area (Å²) in [5.74, 6) is 1.52. The van der Waals surface area contributed by atoms with E-state index in [2.05, 4.69) is 36.5 Å². The monoisotopic (exact) mass is 348 g/mol. The van der Waals surface area contributed by atoms with E-state index in [1.54, 1.807) is 11.3 Å². The van der Waals surface area contributed by atoms with E-state index >= 15 is 0 Å². The molecule has 0 fully saturated rings. The number of thioether (sulfide) groups is 1. The Morgan fingerprint density at radius 3 is 3.00 bits per heavy atom. The summed E-state index contributed by atoms with van der Waals surface area (Å²) < 4.78 is 0. The number of carbonyl (C=O) groups excluding carboxylic acids is 1. The highest BCUT2D eigenvalue weighted by Crippen LogP contribution is 2.30. The summed E-state index contributed by atoms with van der Waals surface area (Å²) >= 11 is 3.03. The van der Waals surface area contributed by atoms with Gasteiger partial charge in [-0.1, -0.05) is 11.8 Å². The molecule has 2 N–H and O–H groups in total. The molecule has 1 amide bonds. The smallest absolute Gasteiger partial charge is 0.231 e. The highest BCUT2D eigenvalue weighted by molar-refractivity contribution is 8.00. The largest absolute Gasteiger partial charge is 0.346 e. The fraction of sp³-hybridized carbons (Fsp3) is 0.357. The molecule has 0 aliphatic rings. The molecule has 0 bridgehead atoms. The molecule has 0 aliphatic carbocycles. The van der Waals surface area contributed by atoms with Crippen LogP contribution in [0.3, 0.4) is 0 Å². The Labute approximate surface area is 141 Å².